The standard InChI is InChI=1S/C21H17ClN2O3/c1-12(2)21(26)27-20-11-19(24-18-9-6-15(22)10-17(18)20)14-4-7-16(8-5-14)23-13(3)25/h4-11H,1H2,2-3H3,(H,23,25). The Hall–Kier alpha value is -3.18. The molecule has 27 heavy (non-hydrogen) atoms. The maximum atomic E-state index is 12.0. The van der Waals surface area contributed by atoms with E-state index in [0.717, 1.165) is 5.56 Å². The predicted octanol–water partition coefficient (Wildman–Crippen LogP) is 5.00. The summed E-state index contributed by atoms with van der Waals surface area (Å²) in [4.78, 5) is 27.8. The van der Waals surface area contributed by atoms with Crippen LogP contribution in [-0.2, 0) is 9.59 Å². The van der Waals surface area contributed by atoms with Gasteiger partial charge in [0, 0.05) is 40.2 Å². The quantitative estimate of drug-likeness (QED) is 0.511. The number of amides is 1. The second-order valence-electron chi connectivity index (χ2n) is 6.10. The summed E-state index contributed by atoms with van der Waals surface area (Å²) in [6, 6.07) is 14.1. The van der Waals surface area contributed by atoms with Gasteiger partial charge in [-0.25, -0.2) is 9.78 Å². The molecule has 1 N–H and O–H groups in total. The van der Waals surface area contributed by atoms with E-state index in [2.05, 4.69) is 16.9 Å². The largest absolute Gasteiger partial charge is 0.422 e. The molecule has 0 saturated heterocycles. The number of rotatable bonds is 4. The van der Waals surface area contributed by atoms with Crippen molar-refractivity contribution in [3.05, 3.63) is 65.7 Å². The van der Waals surface area contributed by atoms with Gasteiger partial charge in [-0.2, -0.15) is 0 Å². The monoisotopic (exact) mass is 380 g/mol. The maximum absolute atomic E-state index is 12.0. The first kappa shape index (κ1) is 18.6. The van der Waals surface area contributed by atoms with Crippen molar-refractivity contribution in [2.75, 3.05) is 5.32 Å². The number of hydrogen-bond donors (Lipinski definition) is 1. The number of nitrogens with one attached hydrogen (secondary N) is 1. The number of hydrogen-bond acceptors (Lipinski definition) is 4. The van der Waals surface area contributed by atoms with Crippen LogP contribution in [0.2, 0.25) is 5.02 Å². The van der Waals surface area contributed by atoms with Gasteiger partial charge in [0.1, 0.15) is 5.75 Å². The van der Waals surface area contributed by atoms with Crippen LogP contribution >= 0.6 is 11.6 Å². The van der Waals surface area contributed by atoms with Gasteiger partial charge in [0.15, 0.2) is 0 Å². The van der Waals surface area contributed by atoms with E-state index in [0.29, 0.717) is 38.6 Å². The van der Waals surface area contributed by atoms with E-state index in [1.807, 2.05) is 12.1 Å². The minimum atomic E-state index is -0.519. The van der Waals surface area contributed by atoms with Crippen LogP contribution in [0.25, 0.3) is 22.2 Å². The Morgan fingerprint density at radius 2 is 1.78 bits per heavy atom. The highest BCUT2D eigenvalue weighted by Gasteiger charge is 2.13. The Labute approximate surface area is 161 Å². The van der Waals surface area contributed by atoms with E-state index in [4.69, 9.17) is 16.3 Å². The van der Waals surface area contributed by atoms with Crippen LogP contribution in [-0.4, -0.2) is 16.9 Å². The number of benzene rings is 2. The SMILES string of the molecule is C=C(C)C(=O)Oc1cc(-c2ccc(NC(C)=O)cc2)nc2ccc(Cl)cc12. The summed E-state index contributed by atoms with van der Waals surface area (Å²) in [6.07, 6.45) is 0. The molecular formula is C21H17ClN2O3. The van der Waals surface area contributed by atoms with Gasteiger partial charge in [0.2, 0.25) is 5.91 Å². The first-order valence-corrected chi connectivity index (χ1v) is 8.57. The lowest BCUT2D eigenvalue weighted by Crippen LogP contribution is -2.09. The van der Waals surface area contributed by atoms with Crippen molar-refractivity contribution < 1.29 is 14.3 Å². The number of nitrogens with zero attached hydrogens (tertiary/aromatic N) is 1. The van der Waals surface area contributed by atoms with Crippen molar-refractivity contribution in [1.29, 1.82) is 0 Å². The molecule has 0 aliphatic heterocycles. The third kappa shape index (κ3) is 4.33. The van der Waals surface area contributed by atoms with Crippen LogP contribution in [0.4, 0.5) is 5.69 Å². The van der Waals surface area contributed by atoms with Gasteiger partial charge in [-0.1, -0.05) is 30.3 Å². The molecule has 1 amide bonds. The van der Waals surface area contributed by atoms with E-state index < -0.39 is 5.97 Å². The van der Waals surface area contributed by atoms with E-state index >= 15 is 0 Å². The first-order chi connectivity index (χ1) is 12.8. The summed E-state index contributed by atoms with van der Waals surface area (Å²) < 4.78 is 5.49. The molecule has 0 atom stereocenters. The summed E-state index contributed by atoms with van der Waals surface area (Å²) in [6.45, 7) is 6.65. The normalized spacial score (nSPS) is 10.5. The molecule has 1 heterocycles. The molecule has 0 saturated carbocycles. The third-order valence-corrected chi connectivity index (χ3v) is 4.02. The van der Waals surface area contributed by atoms with Gasteiger partial charge < -0.3 is 10.1 Å². The molecule has 0 bridgehead atoms. The van der Waals surface area contributed by atoms with Crippen LogP contribution in [0.3, 0.4) is 0 Å². The second kappa shape index (κ2) is 7.60. The van der Waals surface area contributed by atoms with Crippen LogP contribution in [0, 0.1) is 0 Å². The minimum absolute atomic E-state index is 0.141. The Balaban J connectivity index is 2.08. The maximum Gasteiger partial charge on any atom is 0.338 e. The number of esters is 1. The predicted molar refractivity (Wildman–Crippen MR) is 107 cm³/mol. The highest BCUT2D eigenvalue weighted by molar-refractivity contribution is 6.31. The fraction of sp³-hybridized carbons (Fsp3) is 0.0952. The number of halogens is 1. The molecule has 6 heteroatoms. The average molecular weight is 381 g/mol. The van der Waals surface area contributed by atoms with E-state index in [1.165, 1.54) is 6.92 Å². The molecule has 0 fully saturated rings. The Morgan fingerprint density at radius 3 is 2.41 bits per heavy atom. The Morgan fingerprint density at radius 1 is 1.07 bits per heavy atom. The summed E-state index contributed by atoms with van der Waals surface area (Å²) in [5.74, 6) is -0.302. The molecule has 0 unspecified atom stereocenters. The van der Waals surface area contributed by atoms with Gasteiger partial charge >= 0.3 is 5.97 Å². The molecule has 0 aliphatic carbocycles. The zero-order chi connectivity index (χ0) is 19.6. The van der Waals surface area contributed by atoms with Gasteiger partial charge in [-0.15, -0.1) is 0 Å². The van der Waals surface area contributed by atoms with Crippen LogP contribution < -0.4 is 10.1 Å². The summed E-state index contributed by atoms with van der Waals surface area (Å²) in [5.41, 5.74) is 3.07. The highest BCUT2D eigenvalue weighted by atomic mass is 35.5. The van der Waals surface area contributed by atoms with Gasteiger partial charge in [-0.3, -0.25) is 4.79 Å². The fourth-order valence-electron chi connectivity index (χ4n) is 2.51. The van der Waals surface area contributed by atoms with Crippen LogP contribution in [0.5, 0.6) is 5.75 Å². The molecule has 3 aromatic rings. The van der Waals surface area contributed by atoms with Gasteiger partial charge in [0.05, 0.1) is 11.2 Å². The van der Waals surface area contributed by atoms with Gasteiger partial charge in [-0.05, 0) is 37.3 Å². The van der Waals surface area contributed by atoms with Crippen LogP contribution in [0.15, 0.2) is 60.7 Å². The summed E-state index contributed by atoms with van der Waals surface area (Å²) in [5, 5.41) is 3.87. The van der Waals surface area contributed by atoms with Crippen molar-refractivity contribution in [1.82, 2.24) is 4.98 Å². The molecule has 0 aliphatic rings. The molecule has 2 aromatic carbocycles. The van der Waals surface area contributed by atoms with E-state index in [-0.39, 0.29) is 5.91 Å². The van der Waals surface area contributed by atoms with Crippen LogP contribution in [0.1, 0.15) is 13.8 Å². The zero-order valence-electron chi connectivity index (χ0n) is 14.9. The number of aromatic nitrogens is 1. The van der Waals surface area contributed by atoms with Crippen molar-refractivity contribution >= 4 is 40.1 Å². The van der Waals surface area contributed by atoms with E-state index in [1.54, 1.807) is 43.3 Å². The van der Waals surface area contributed by atoms with Crippen molar-refractivity contribution in [2.45, 2.75) is 13.8 Å². The number of ether oxygens (including phenoxy) is 1. The van der Waals surface area contributed by atoms with Crippen molar-refractivity contribution in [3.63, 3.8) is 0 Å². The number of fused-ring (bicyclic) bond motifs is 1. The first-order valence-electron chi connectivity index (χ1n) is 8.19. The molecular weight excluding hydrogens is 364 g/mol. The second-order valence-corrected chi connectivity index (χ2v) is 6.53. The van der Waals surface area contributed by atoms with Crippen molar-refractivity contribution in [3.8, 4) is 17.0 Å². The molecule has 5 nitrogen and oxygen atoms in total. The van der Waals surface area contributed by atoms with Gasteiger partial charge in [0.25, 0.3) is 0 Å². The fourth-order valence-corrected chi connectivity index (χ4v) is 2.69. The Kier molecular flexibility index (Phi) is 5.23. The molecule has 1 aromatic heterocycles. The lowest BCUT2D eigenvalue weighted by Gasteiger charge is -2.11. The molecule has 0 radical (unpaired) electrons. The lowest BCUT2D eigenvalue weighted by molar-refractivity contribution is -0.130. The highest BCUT2D eigenvalue weighted by Crippen LogP contribution is 2.32. The molecule has 0 spiro atoms. The third-order valence-electron chi connectivity index (χ3n) is 3.78. The molecule has 136 valence electrons. The minimum Gasteiger partial charge on any atom is -0.422 e. The number of carbonyl (C=O) groups is 2. The topological polar surface area (TPSA) is 68.3 Å². The summed E-state index contributed by atoms with van der Waals surface area (Å²) in [7, 11) is 0. The number of carbonyl (C=O) groups excluding carboxylic acids is 2. The molecule has 3 rings (SSSR count). The number of pyridine rings is 1. The number of anilines is 1. The smallest absolute Gasteiger partial charge is 0.338 e. The average Bonchev–Trinajstić information content (AvgIpc) is 2.62. The van der Waals surface area contributed by atoms with Crippen molar-refractivity contribution in [2.24, 2.45) is 0 Å². The zero-order valence-corrected chi connectivity index (χ0v) is 15.6. The summed E-state index contributed by atoms with van der Waals surface area (Å²) >= 11 is 6.09. The lowest BCUT2D eigenvalue weighted by atomic mass is 10.1. The Bertz CT molecular complexity index is 1060. The van der Waals surface area contributed by atoms with E-state index in [9.17, 15) is 9.59 Å².